The van der Waals surface area contributed by atoms with Gasteiger partial charge in [0.25, 0.3) is 5.91 Å². The molecular formula is C25H21NO3. The van der Waals surface area contributed by atoms with E-state index in [4.69, 9.17) is 9.47 Å². The average molecular weight is 383 g/mol. The van der Waals surface area contributed by atoms with Crippen molar-refractivity contribution >= 4 is 22.4 Å². The van der Waals surface area contributed by atoms with Gasteiger partial charge < -0.3 is 14.8 Å². The van der Waals surface area contributed by atoms with Gasteiger partial charge in [0.2, 0.25) is 0 Å². The number of hydrogen-bond acceptors (Lipinski definition) is 3. The molecule has 4 aromatic carbocycles. The van der Waals surface area contributed by atoms with E-state index in [0.29, 0.717) is 22.7 Å². The lowest BCUT2D eigenvalue weighted by atomic mass is 10.1. The number of benzene rings is 4. The molecule has 4 aromatic rings. The lowest BCUT2D eigenvalue weighted by Crippen LogP contribution is -2.13. The average Bonchev–Trinajstić information content (AvgIpc) is 2.75. The van der Waals surface area contributed by atoms with Crippen molar-refractivity contribution < 1.29 is 14.3 Å². The highest BCUT2D eigenvalue weighted by atomic mass is 16.5. The topological polar surface area (TPSA) is 47.6 Å². The van der Waals surface area contributed by atoms with Gasteiger partial charge in [-0.2, -0.15) is 0 Å². The fraction of sp³-hybridized carbons (Fsp3) is 0.0800. The van der Waals surface area contributed by atoms with E-state index in [0.717, 1.165) is 16.5 Å². The first-order valence-corrected chi connectivity index (χ1v) is 9.35. The van der Waals surface area contributed by atoms with Crippen molar-refractivity contribution in [3.8, 4) is 17.2 Å². The number of anilines is 1. The van der Waals surface area contributed by atoms with Crippen LogP contribution >= 0.6 is 0 Å². The monoisotopic (exact) mass is 383 g/mol. The van der Waals surface area contributed by atoms with Crippen LogP contribution in [0.4, 0.5) is 5.69 Å². The second-order valence-corrected chi connectivity index (χ2v) is 6.79. The molecule has 1 N–H and O–H groups in total. The number of amides is 1. The van der Waals surface area contributed by atoms with Crippen molar-refractivity contribution in [3.63, 3.8) is 0 Å². The van der Waals surface area contributed by atoms with Crippen LogP contribution in [0.2, 0.25) is 0 Å². The highest BCUT2D eigenvalue weighted by Gasteiger charge is 2.14. The van der Waals surface area contributed by atoms with Gasteiger partial charge in [0.05, 0.1) is 12.7 Å². The summed E-state index contributed by atoms with van der Waals surface area (Å²) in [6.45, 7) is 2.03. The Morgan fingerprint density at radius 3 is 2.00 bits per heavy atom. The number of carbonyl (C=O) groups excluding carboxylic acids is 1. The van der Waals surface area contributed by atoms with Crippen LogP contribution in [0.25, 0.3) is 10.8 Å². The van der Waals surface area contributed by atoms with Crippen LogP contribution in [0.3, 0.4) is 0 Å². The van der Waals surface area contributed by atoms with E-state index in [1.54, 1.807) is 7.11 Å². The lowest BCUT2D eigenvalue weighted by molar-refractivity contribution is 0.102. The van der Waals surface area contributed by atoms with E-state index in [1.807, 2.05) is 91.9 Å². The largest absolute Gasteiger partial charge is 0.496 e. The molecule has 144 valence electrons. The van der Waals surface area contributed by atoms with Gasteiger partial charge in [-0.3, -0.25) is 4.79 Å². The third-order valence-corrected chi connectivity index (χ3v) is 4.68. The van der Waals surface area contributed by atoms with Gasteiger partial charge in [-0.25, -0.2) is 0 Å². The minimum atomic E-state index is -0.222. The zero-order chi connectivity index (χ0) is 20.2. The Morgan fingerprint density at radius 2 is 1.38 bits per heavy atom. The summed E-state index contributed by atoms with van der Waals surface area (Å²) < 4.78 is 11.3. The van der Waals surface area contributed by atoms with E-state index in [1.165, 1.54) is 5.56 Å². The molecular weight excluding hydrogens is 362 g/mol. The zero-order valence-electron chi connectivity index (χ0n) is 16.3. The van der Waals surface area contributed by atoms with Gasteiger partial charge in [-0.1, -0.05) is 42.0 Å². The summed E-state index contributed by atoms with van der Waals surface area (Å²) >= 11 is 0. The van der Waals surface area contributed by atoms with Crippen molar-refractivity contribution in [2.75, 3.05) is 12.4 Å². The fourth-order valence-electron chi connectivity index (χ4n) is 3.11. The predicted molar refractivity (Wildman–Crippen MR) is 116 cm³/mol. The van der Waals surface area contributed by atoms with E-state index < -0.39 is 0 Å². The SMILES string of the molecule is COc1cc2ccccc2cc1C(=O)Nc1ccc(Oc2ccc(C)cc2)cc1. The second-order valence-electron chi connectivity index (χ2n) is 6.79. The van der Waals surface area contributed by atoms with E-state index in [2.05, 4.69) is 5.32 Å². The molecule has 0 saturated heterocycles. The Kier molecular flexibility index (Phi) is 5.16. The smallest absolute Gasteiger partial charge is 0.259 e. The van der Waals surface area contributed by atoms with Crippen molar-refractivity contribution in [2.24, 2.45) is 0 Å². The molecule has 0 heterocycles. The maximum absolute atomic E-state index is 12.8. The number of ether oxygens (including phenoxy) is 2. The molecule has 0 aliphatic heterocycles. The lowest BCUT2D eigenvalue weighted by Gasteiger charge is -2.12. The second kappa shape index (κ2) is 8.07. The van der Waals surface area contributed by atoms with Crippen molar-refractivity contribution in [1.29, 1.82) is 0 Å². The highest BCUT2D eigenvalue weighted by Crippen LogP contribution is 2.28. The van der Waals surface area contributed by atoms with Gasteiger partial charge in [0.1, 0.15) is 17.2 Å². The van der Waals surface area contributed by atoms with Gasteiger partial charge in [0.15, 0.2) is 0 Å². The van der Waals surface area contributed by atoms with Crippen LogP contribution in [-0.4, -0.2) is 13.0 Å². The summed E-state index contributed by atoms with van der Waals surface area (Å²) in [4.78, 5) is 12.8. The number of carbonyl (C=O) groups is 1. The van der Waals surface area contributed by atoms with Crippen LogP contribution in [-0.2, 0) is 0 Å². The molecule has 0 bridgehead atoms. The number of methoxy groups -OCH3 is 1. The maximum Gasteiger partial charge on any atom is 0.259 e. The third kappa shape index (κ3) is 4.22. The number of hydrogen-bond donors (Lipinski definition) is 1. The number of fused-ring (bicyclic) bond motifs is 1. The van der Waals surface area contributed by atoms with Crippen LogP contribution in [0.5, 0.6) is 17.2 Å². The van der Waals surface area contributed by atoms with Gasteiger partial charge in [0, 0.05) is 5.69 Å². The van der Waals surface area contributed by atoms with Crippen molar-refractivity contribution in [1.82, 2.24) is 0 Å². The maximum atomic E-state index is 12.8. The van der Waals surface area contributed by atoms with E-state index >= 15 is 0 Å². The number of rotatable bonds is 5. The van der Waals surface area contributed by atoms with Crippen LogP contribution in [0.1, 0.15) is 15.9 Å². The molecule has 0 fully saturated rings. The van der Waals surface area contributed by atoms with Gasteiger partial charge in [-0.05, 0) is 66.2 Å². The first kappa shape index (κ1) is 18.6. The molecule has 29 heavy (non-hydrogen) atoms. The molecule has 0 unspecified atom stereocenters. The predicted octanol–water partition coefficient (Wildman–Crippen LogP) is 6.20. The molecule has 0 aromatic heterocycles. The number of aryl methyl sites for hydroxylation is 1. The molecule has 0 radical (unpaired) electrons. The quantitative estimate of drug-likeness (QED) is 0.446. The molecule has 0 saturated carbocycles. The summed E-state index contributed by atoms with van der Waals surface area (Å²) in [7, 11) is 1.57. The normalized spacial score (nSPS) is 10.6. The standard InChI is InChI=1S/C25H21NO3/c1-17-7-11-21(12-8-17)29-22-13-9-20(10-14-22)26-25(27)23-15-18-5-3-4-6-19(18)16-24(23)28-2/h3-16H,1-2H3,(H,26,27). The molecule has 4 heteroatoms. The summed E-state index contributed by atoms with van der Waals surface area (Å²) in [5.41, 5.74) is 2.35. The Labute approximate surface area is 169 Å². The zero-order valence-corrected chi connectivity index (χ0v) is 16.3. The Bertz CT molecular complexity index is 1150. The van der Waals surface area contributed by atoms with E-state index in [9.17, 15) is 4.79 Å². The van der Waals surface area contributed by atoms with Crippen LogP contribution in [0, 0.1) is 6.92 Å². The fourth-order valence-corrected chi connectivity index (χ4v) is 3.11. The van der Waals surface area contributed by atoms with Gasteiger partial charge in [-0.15, -0.1) is 0 Å². The van der Waals surface area contributed by atoms with Crippen LogP contribution in [0.15, 0.2) is 84.9 Å². The summed E-state index contributed by atoms with van der Waals surface area (Å²) in [5.74, 6) is 1.80. The summed E-state index contributed by atoms with van der Waals surface area (Å²) in [5, 5.41) is 4.93. The third-order valence-electron chi connectivity index (χ3n) is 4.68. The Balaban J connectivity index is 1.51. The first-order chi connectivity index (χ1) is 14.1. The Morgan fingerprint density at radius 1 is 0.793 bits per heavy atom. The van der Waals surface area contributed by atoms with Gasteiger partial charge >= 0.3 is 0 Å². The van der Waals surface area contributed by atoms with Crippen LogP contribution < -0.4 is 14.8 Å². The van der Waals surface area contributed by atoms with E-state index in [-0.39, 0.29) is 5.91 Å². The highest BCUT2D eigenvalue weighted by molar-refractivity contribution is 6.08. The molecule has 1 amide bonds. The number of nitrogens with one attached hydrogen (secondary N) is 1. The Hall–Kier alpha value is -3.79. The minimum Gasteiger partial charge on any atom is -0.496 e. The molecule has 0 atom stereocenters. The summed E-state index contributed by atoms with van der Waals surface area (Å²) in [6, 6.07) is 26.7. The first-order valence-electron chi connectivity index (χ1n) is 9.35. The molecule has 0 aliphatic carbocycles. The molecule has 4 rings (SSSR count). The molecule has 0 aliphatic rings. The minimum absolute atomic E-state index is 0.222. The summed E-state index contributed by atoms with van der Waals surface area (Å²) in [6.07, 6.45) is 0. The molecule has 0 spiro atoms. The molecule has 4 nitrogen and oxygen atoms in total. The van der Waals surface area contributed by atoms with Crippen molar-refractivity contribution in [2.45, 2.75) is 6.92 Å². The van der Waals surface area contributed by atoms with Crippen molar-refractivity contribution in [3.05, 3.63) is 96.1 Å².